The van der Waals surface area contributed by atoms with E-state index in [1.54, 1.807) is 19.1 Å². The largest absolute Gasteiger partial charge is 0.465 e. The van der Waals surface area contributed by atoms with Crippen molar-refractivity contribution in [1.82, 2.24) is 0 Å². The summed E-state index contributed by atoms with van der Waals surface area (Å²) in [6.45, 7) is 1.13. The molecule has 2 aromatic rings. The fourth-order valence-electron chi connectivity index (χ4n) is 2.15. The van der Waals surface area contributed by atoms with Gasteiger partial charge in [-0.05, 0) is 30.7 Å². The Labute approximate surface area is 154 Å². The minimum Gasteiger partial charge on any atom is -0.465 e. The molecule has 0 aliphatic rings. The number of nitro benzene ring substituents is 1. The number of non-ortho nitro benzene ring substituents is 1. The van der Waals surface area contributed by atoms with Gasteiger partial charge in [-0.25, -0.2) is 9.59 Å². The van der Waals surface area contributed by atoms with Gasteiger partial charge in [0.05, 0.1) is 23.2 Å². The molecule has 1 amide bonds. The molecule has 0 spiro atoms. The highest BCUT2D eigenvalue weighted by Gasteiger charge is 2.15. The average Bonchev–Trinajstić information content (AvgIpc) is 2.67. The second kappa shape index (κ2) is 8.56. The molecule has 9 heteroatoms. The van der Waals surface area contributed by atoms with Crippen molar-refractivity contribution in [3.63, 3.8) is 0 Å². The second-order valence-corrected chi connectivity index (χ2v) is 5.45. The summed E-state index contributed by atoms with van der Waals surface area (Å²) in [7, 11) is 1.24. The Balaban J connectivity index is 2.00. The zero-order chi connectivity index (χ0) is 20.0. The fraction of sp³-hybridized carbons (Fsp3) is 0.167. The lowest BCUT2D eigenvalue weighted by Crippen LogP contribution is -2.21. The van der Waals surface area contributed by atoms with Crippen LogP contribution in [0, 0.1) is 17.0 Å². The molecule has 140 valence electrons. The summed E-state index contributed by atoms with van der Waals surface area (Å²) in [6, 6.07) is 9.62. The number of hydrogen-bond donors (Lipinski definition) is 1. The van der Waals surface area contributed by atoms with Crippen LogP contribution in [0.25, 0.3) is 0 Å². The second-order valence-electron chi connectivity index (χ2n) is 5.45. The predicted molar refractivity (Wildman–Crippen MR) is 94.5 cm³/mol. The highest BCUT2D eigenvalue weighted by Crippen LogP contribution is 2.18. The lowest BCUT2D eigenvalue weighted by atomic mass is 10.1. The lowest BCUT2D eigenvalue weighted by molar-refractivity contribution is -0.384. The predicted octanol–water partition coefficient (Wildman–Crippen LogP) is 2.49. The Morgan fingerprint density at radius 1 is 1.07 bits per heavy atom. The summed E-state index contributed by atoms with van der Waals surface area (Å²) < 4.78 is 9.49. The number of amides is 1. The number of esters is 2. The van der Waals surface area contributed by atoms with Crippen molar-refractivity contribution in [1.29, 1.82) is 0 Å². The van der Waals surface area contributed by atoms with Gasteiger partial charge in [0.1, 0.15) is 0 Å². The molecule has 0 saturated heterocycles. The fourth-order valence-corrected chi connectivity index (χ4v) is 2.15. The molecule has 0 heterocycles. The van der Waals surface area contributed by atoms with Crippen molar-refractivity contribution in [2.45, 2.75) is 6.92 Å². The van der Waals surface area contributed by atoms with Crippen LogP contribution in [0.1, 0.15) is 26.3 Å². The van der Waals surface area contributed by atoms with Crippen molar-refractivity contribution in [3.05, 3.63) is 69.3 Å². The van der Waals surface area contributed by atoms with Crippen LogP contribution in [0.5, 0.6) is 0 Å². The normalized spacial score (nSPS) is 10.0. The zero-order valence-corrected chi connectivity index (χ0v) is 14.6. The number of aryl methyl sites for hydroxylation is 1. The van der Waals surface area contributed by atoms with Gasteiger partial charge in [-0.1, -0.05) is 12.1 Å². The van der Waals surface area contributed by atoms with Crippen molar-refractivity contribution >= 4 is 29.2 Å². The summed E-state index contributed by atoms with van der Waals surface area (Å²) in [5, 5.41) is 13.3. The molecule has 2 aromatic carbocycles. The Hall–Kier alpha value is -3.75. The molecule has 0 aromatic heterocycles. The zero-order valence-electron chi connectivity index (χ0n) is 14.6. The Morgan fingerprint density at radius 2 is 1.78 bits per heavy atom. The van der Waals surface area contributed by atoms with Gasteiger partial charge in [-0.15, -0.1) is 0 Å². The first kappa shape index (κ1) is 19.6. The van der Waals surface area contributed by atoms with E-state index >= 15 is 0 Å². The van der Waals surface area contributed by atoms with Gasteiger partial charge in [-0.3, -0.25) is 14.9 Å². The minimum atomic E-state index is -0.867. The minimum absolute atomic E-state index is 0.0409. The van der Waals surface area contributed by atoms with E-state index in [1.165, 1.54) is 31.4 Å². The number of methoxy groups -OCH3 is 1. The number of hydrogen-bond acceptors (Lipinski definition) is 7. The maximum absolute atomic E-state index is 12.0. The molecule has 0 atom stereocenters. The molecule has 0 saturated carbocycles. The monoisotopic (exact) mass is 372 g/mol. The highest BCUT2D eigenvalue weighted by atomic mass is 16.6. The van der Waals surface area contributed by atoms with Crippen molar-refractivity contribution in [2.24, 2.45) is 0 Å². The van der Waals surface area contributed by atoms with Gasteiger partial charge < -0.3 is 14.8 Å². The summed E-state index contributed by atoms with van der Waals surface area (Å²) in [4.78, 5) is 45.6. The molecule has 2 rings (SSSR count). The number of ether oxygens (including phenoxy) is 2. The topological polar surface area (TPSA) is 125 Å². The molecular weight excluding hydrogens is 356 g/mol. The Kier molecular flexibility index (Phi) is 6.21. The smallest absolute Gasteiger partial charge is 0.338 e. The number of nitro groups is 1. The lowest BCUT2D eigenvalue weighted by Gasteiger charge is -2.10. The van der Waals surface area contributed by atoms with E-state index in [1.807, 2.05) is 0 Å². The van der Waals surface area contributed by atoms with Gasteiger partial charge in [0.15, 0.2) is 6.61 Å². The van der Waals surface area contributed by atoms with Gasteiger partial charge in [-0.2, -0.15) is 0 Å². The molecule has 27 heavy (non-hydrogen) atoms. The highest BCUT2D eigenvalue weighted by molar-refractivity contribution is 5.97. The molecule has 0 bridgehead atoms. The SMILES string of the molecule is COC(=O)c1ccc(C)c(NC(=O)COC(=O)c2cccc([N+](=O)[O-])c2)c1. The first-order valence-electron chi connectivity index (χ1n) is 7.72. The van der Waals surface area contributed by atoms with E-state index < -0.39 is 29.4 Å². The van der Waals surface area contributed by atoms with Gasteiger partial charge in [0, 0.05) is 17.8 Å². The van der Waals surface area contributed by atoms with Crippen molar-refractivity contribution in [2.75, 3.05) is 19.0 Å². The summed E-state index contributed by atoms with van der Waals surface area (Å²) in [6.07, 6.45) is 0. The van der Waals surface area contributed by atoms with E-state index in [-0.39, 0.29) is 16.8 Å². The van der Waals surface area contributed by atoms with Crippen LogP contribution in [0.4, 0.5) is 11.4 Å². The van der Waals surface area contributed by atoms with Crippen LogP contribution in [-0.4, -0.2) is 36.5 Å². The van der Waals surface area contributed by atoms with E-state index in [9.17, 15) is 24.5 Å². The third-order valence-corrected chi connectivity index (χ3v) is 3.56. The molecule has 0 fully saturated rings. The van der Waals surface area contributed by atoms with Crippen LogP contribution >= 0.6 is 0 Å². The van der Waals surface area contributed by atoms with Crippen LogP contribution in [0.2, 0.25) is 0 Å². The van der Waals surface area contributed by atoms with E-state index in [0.717, 1.165) is 6.07 Å². The maximum Gasteiger partial charge on any atom is 0.338 e. The quantitative estimate of drug-likeness (QED) is 0.469. The van der Waals surface area contributed by atoms with Gasteiger partial charge in [0.2, 0.25) is 0 Å². The summed E-state index contributed by atoms with van der Waals surface area (Å²) >= 11 is 0. The Bertz CT molecular complexity index is 908. The standard InChI is InChI=1S/C18H16N2O7/c1-11-6-7-13(17(22)26-2)9-15(11)19-16(21)10-27-18(23)12-4-3-5-14(8-12)20(24)25/h3-9H,10H2,1-2H3,(H,19,21). The van der Waals surface area contributed by atoms with Crippen molar-refractivity contribution in [3.8, 4) is 0 Å². The number of nitrogens with one attached hydrogen (secondary N) is 1. The van der Waals surface area contributed by atoms with Crippen molar-refractivity contribution < 1.29 is 28.8 Å². The first-order chi connectivity index (χ1) is 12.8. The van der Waals surface area contributed by atoms with Gasteiger partial charge >= 0.3 is 11.9 Å². The number of carbonyl (C=O) groups excluding carboxylic acids is 3. The average molecular weight is 372 g/mol. The van der Waals surface area contributed by atoms with E-state index in [2.05, 4.69) is 10.1 Å². The molecular formula is C18H16N2O7. The first-order valence-corrected chi connectivity index (χ1v) is 7.72. The summed E-state index contributed by atoms with van der Waals surface area (Å²) in [5.74, 6) is -2.05. The van der Waals surface area contributed by atoms with Crippen LogP contribution < -0.4 is 5.32 Å². The van der Waals surface area contributed by atoms with E-state index in [4.69, 9.17) is 4.74 Å². The molecule has 0 aliphatic carbocycles. The third kappa shape index (κ3) is 5.11. The number of anilines is 1. The van der Waals surface area contributed by atoms with Crippen LogP contribution in [-0.2, 0) is 14.3 Å². The van der Waals surface area contributed by atoms with Crippen LogP contribution in [0.3, 0.4) is 0 Å². The Morgan fingerprint density at radius 3 is 2.44 bits per heavy atom. The number of benzene rings is 2. The molecule has 1 N–H and O–H groups in total. The summed E-state index contributed by atoms with van der Waals surface area (Å²) in [5.41, 5.74) is 1.02. The maximum atomic E-state index is 12.0. The van der Waals surface area contributed by atoms with Crippen LogP contribution in [0.15, 0.2) is 42.5 Å². The number of rotatable bonds is 6. The molecule has 0 radical (unpaired) electrons. The third-order valence-electron chi connectivity index (χ3n) is 3.56. The molecule has 0 aliphatic heterocycles. The number of nitrogens with zero attached hydrogens (tertiary/aromatic N) is 1. The molecule has 9 nitrogen and oxygen atoms in total. The number of carbonyl (C=O) groups is 3. The van der Waals surface area contributed by atoms with E-state index in [0.29, 0.717) is 11.3 Å². The van der Waals surface area contributed by atoms with Gasteiger partial charge in [0.25, 0.3) is 11.6 Å². The molecule has 0 unspecified atom stereocenters.